The third-order valence-electron chi connectivity index (χ3n) is 2.16. The molecular weight excluding hydrogens is 170 g/mol. The summed E-state index contributed by atoms with van der Waals surface area (Å²) < 4.78 is 10.2. The van der Waals surface area contributed by atoms with Crippen molar-refractivity contribution in [1.29, 1.82) is 0 Å². The van der Waals surface area contributed by atoms with Crippen molar-refractivity contribution in [3.8, 4) is 0 Å². The molecule has 0 radical (unpaired) electrons. The third kappa shape index (κ3) is 2.97. The van der Waals surface area contributed by atoms with E-state index in [9.17, 15) is 4.79 Å². The molecule has 1 fully saturated rings. The van der Waals surface area contributed by atoms with E-state index in [-0.39, 0.29) is 18.0 Å². The summed E-state index contributed by atoms with van der Waals surface area (Å²) in [5.41, 5.74) is 5.62. The van der Waals surface area contributed by atoms with Crippen LogP contribution in [0.3, 0.4) is 0 Å². The molecule has 1 saturated heterocycles. The molecule has 0 aromatic heterocycles. The lowest BCUT2D eigenvalue weighted by molar-refractivity contribution is -0.151. The van der Waals surface area contributed by atoms with E-state index in [4.69, 9.17) is 15.2 Å². The zero-order valence-electron chi connectivity index (χ0n) is 8.16. The molecule has 76 valence electrons. The lowest BCUT2D eigenvalue weighted by Gasteiger charge is -2.17. The molecule has 1 aliphatic rings. The Kier molecular flexibility index (Phi) is 3.69. The molecule has 0 aromatic carbocycles. The van der Waals surface area contributed by atoms with Gasteiger partial charge in [0.1, 0.15) is 12.1 Å². The molecule has 2 N–H and O–H groups in total. The van der Waals surface area contributed by atoms with E-state index in [1.807, 2.05) is 13.8 Å². The lowest BCUT2D eigenvalue weighted by atomic mass is 10.1. The van der Waals surface area contributed by atoms with Gasteiger partial charge in [0.2, 0.25) is 0 Å². The van der Waals surface area contributed by atoms with E-state index in [1.165, 1.54) is 0 Å². The molecule has 0 unspecified atom stereocenters. The van der Waals surface area contributed by atoms with Crippen LogP contribution in [-0.2, 0) is 14.3 Å². The molecule has 1 aliphatic heterocycles. The Balaban J connectivity index is 2.31. The van der Waals surface area contributed by atoms with Crippen LogP contribution in [0.5, 0.6) is 0 Å². The topological polar surface area (TPSA) is 61.6 Å². The molecule has 0 aromatic rings. The van der Waals surface area contributed by atoms with Crippen molar-refractivity contribution in [3.63, 3.8) is 0 Å². The van der Waals surface area contributed by atoms with Crippen LogP contribution in [0, 0.1) is 5.92 Å². The fourth-order valence-corrected chi connectivity index (χ4v) is 1.12. The van der Waals surface area contributed by atoms with Gasteiger partial charge in [-0.05, 0) is 5.92 Å². The van der Waals surface area contributed by atoms with Crippen LogP contribution in [0.25, 0.3) is 0 Å². The van der Waals surface area contributed by atoms with Crippen molar-refractivity contribution in [3.05, 3.63) is 0 Å². The molecule has 0 spiro atoms. The van der Waals surface area contributed by atoms with Gasteiger partial charge in [-0.1, -0.05) is 13.8 Å². The van der Waals surface area contributed by atoms with Gasteiger partial charge in [-0.15, -0.1) is 0 Å². The number of carbonyl (C=O) groups is 1. The fourth-order valence-electron chi connectivity index (χ4n) is 1.12. The summed E-state index contributed by atoms with van der Waals surface area (Å²) in [7, 11) is 0. The minimum atomic E-state index is -0.513. The van der Waals surface area contributed by atoms with Gasteiger partial charge in [0.25, 0.3) is 0 Å². The fraction of sp³-hybridized carbons (Fsp3) is 0.889. The molecule has 0 aliphatic carbocycles. The average Bonchev–Trinajstić information content (AvgIpc) is 2.55. The molecule has 13 heavy (non-hydrogen) atoms. The second kappa shape index (κ2) is 4.58. The van der Waals surface area contributed by atoms with Gasteiger partial charge in [0.05, 0.1) is 13.2 Å². The molecule has 4 nitrogen and oxygen atoms in total. The predicted molar refractivity (Wildman–Crippen MR) is 48.1 cm³/mol. The zero-order chi connectivity index (χ0) is 9.84. The van der Waals surface area contributed by atoms with Crippen LogP contribution in [0.2, 0.25) is 0 Å². The first-order valence-corrected chi connectivity index (χ1v) is 4.65. The maximum Gasteiger partial charge on any atom is 0.323 e. The molecule has 1 rings (SSSR count). The smallest absolute Gasteiger partial charge is 0.323 e. The van der Waals surface area contributed by atoms with Crippen LogP contribution >= 0.6 is 0 Å². The highest BCUT2D eigenvalue weighted by Crippen LogP contribution is 2.10. The Morgan fingerprint density at radius 3 is 2.77 bits per heavy atom. The maximum atomic E-state index is 11.3. The van der Waals surface area contributed by atoms with Crippen LogP contribution in [0.1, 0.15) is 20.3 Å². The van der Waals surface area contributed by atoms with E-state index >= 15 is 0 Å². The van der Waals surface area contributed by atoms with Crippen molar-refractivity contribution in [1.82, 2.24) is 0 Å². The Bertz CT molecular complexity index is 176. The van der Waals surface area contributed by atoms with Crippen molar-refractivity contribution in [2.24, 2.45) is 11.7 Å². The molecule has 2 atom stereocenters. The number of ether oxygens (including phenoxy) is 2. The maximum absolute atomic E-state index is 11.3. The van der Waals surface area contributed by atoms with Crippen LogP contribution < -0.4 is 5.73 Å². The summed E-state index contributed by atoms with van der Waals surface area (Å²) in [6.07, 6.45) is 0.702. The second-order valence-electron chi connectivity index (χ2n) is 3.69. The average molecular weight is 187 g/mol. The Hall–Kier alpha value is -0.610. The number of nitrogens with two attached hydrogens (primary N) is 1. The largest absolute Gasteiger partial charge is 0.459 e. The summed E-state index contributed by atoms with van der Waals surface area (Å²) in [6, 6.07) is -0.513. The molecule has 0 saturated carbocycles. The van der Waals surface area contributed by atoms with E-state index in [1.54, 1.807) is 0 Å². The normalized spacial score (nSPS) is 24.8. The van der Waals surface area contributed by atoms with E-state index in [0.717, 1.165) is 6.42 Å². The monoisotopic (exact) mass is 187 g/mol. The van der Waals surface area contributed by atoms with Gasteiger partial charge in [-0.2, -0.15) is 0 Å². The molecule has 0 bridgehead atoms. The molecular formula is C9H17NO3. The second-order valence-corrected chi connectivity index (χ2v) is 3.69. The van der Waals surface area contributed by atoms with Crippen LogP contribution in [-0.4, -0.2) is 31.3 Å². The van der Waals surface area contributed by atoms with Gasteiger partial charge >= 0.3 is 5.97 Å². The van der Waals surface area contributed by atoms with Crippen molar-refractivity contribution in [2.45, 2.75) is 32.4 Å². The van der Waals surface area contributed by atoms with Gasteiger partial charge in [-0.3, -0.25) is 4.79 Å². The predicted octanol–water partition coefficient (Wildman–Crippen LogP) is 0.302. The quantitative estimate of drug-likeness (QED) is 0.645. The van der Waals surface area contributed by atoms with Crippen molar-refractivity contribution >= 4 is 5.97 Å². The third-order valence-corrected chi connectivity index (χ3v) is 2.16. The van der Waals surface area contributed by atoms with Gasteiger partial charge in [-0.25, -0.2) is 0 Å². The number of rotatable bonds is 3. The molecule has 4 heteroatoms. The van der Waals surface area contributed by atoms with E-state index < -0.39 is 6.04 Å². The summed E-state index contributed by atoms with van der Waals surface area (Å²) in [5, 5.41) is 0. The lowest BCUT2D eigenvalue weighted by Crippen LogP contribution is -2.39. The minimum absolute atomic E-state index is 0.0858. The summed E-state index contributed by atoms with van der Waals surface area (Å²) in [6.45, 7) is 4.99. The number of esters is 1. The van der Waals surface area contributed by atoms with Crippen molar-refractivity contribution < 1.29 is 14.3 Å². The van der Waals surface area contributed by atoms with Crippen molar-refractivity contribution in [2.75, 3.05) is 13.2 Å². The van der Waals surface area contributed by atoms with Crippen LogP contribution in [0.15, 0.2) is 0 Å². The summed E-state index contributed by atoms with van der Waals surface area (Å²) in [5.74, 6) is -0.194. The van der Waals surface area contributed by atoms with Gasteiger partial charge < -0.3 is 15.2 Å². The molecule has 0 amide bonds. The number of hydrogen-bond donors (Lipinski definition) is 1. The van der Waals surface area contributed by atoms with Gasteiger partial charge in [0.15, 0.2) is 0 Å². The SMILES string of the molecule is CC(C)[C@H](N)C(=O)O[C@H]1CCOC1. The van der Waals surface area contributed by atoms with E-state index in [0.29, 0.717) is 13.2 Å². The highest BCUT2D eigenvalue weighted by Gasteiger charge is 2.25. The highest BCUT2D eigenvalue weighted by molar-refractivity contribution is 5.75. The first-order chi connectivity index (χ1) is 6.11. The first-order valence-electron chi connectivity index (χ1n) is 4.65. The number of hydrogen-bond acceptors (Lipinski definition) is 4. The zero-order valence-corrected chi connectivity index (χ0v) is 8.16. The summed E-state index contributed by atoms with van der Waals surface area (Å²) in [4.78, 5) is 11.3. The Morgan fingerprint density at radius 2 is 2.31 bits per heavy atom. The van der Waals surface area contributed by atoms with E-state index in [2.05, 4.69) is 0 Å². The standard InChI is InChI=1S/C9H17NO3/c1-6(2)8(10)9(11)13-7-3-4-12-5-7/h6-8H,3-5,10H2,1-2H3/t7-,8-/m0/s1. The summed E-state index contributed by atoms with van der Waals surface area (Å²) >= 11 is 0. The molecule has 1 heterocycles. The highest BCUT2D eigenvalue weighted by atomic mass is 16.6. The van der Waals surface area contributed by atoms with Gasteiger partial charge in [0, 0.05) is 6.42 Å². The first kappa shape index (κ1) is 10.5. The number of carbonyl (C=O) groups excluding carboxylic acids is 1. The Labute approximate surface area is 78.4 Å². The van der Waals surface area contributed by atoms with Crippen LogP contribution in [0.4, 0.5) is 0 Å². The minimum Gasteiger partial charge on any atom is -0.459 e. The Morgan fingerprint density at radius 1 is 1.62 bits per heavy atom.